The summed E-state index contributed by atoms with van der Waals surface area (Å²) in [5.41, 5.74) is 6.87. The number of nitrogens with zero attached hydrogens (tertiary/aromatic N) is 5. The molecule has 1 aliphatic rings. The van der Waals surface area contributed by atoms with Gasteiger partial charge < -0.3 is 9.47 Å². The number of aryl methyl sites for hydroxylation is 3. The molecule has 0 spiro atoms. The summed E-state index contributed by atoms with van der Waals surface area (Å²) in [7, 11) is 2.01. The van der Waals surface area contributed by atoms with Gasteiger partial charge in [-0.2, -0.15) is 5.26 Å². The quantitative estimate of drug-likeness (QED) is 0.628. The number of likely N-dealkylation sites (tertiary alicyclic amines) is 1. The highest BCUT2D eigenvalue weighted by Gasteiger charge is 2.15. The van der Waals surface area contributed by atoms with Gasteiger partial charge in [0.15, 0.2) is 0 Å². The van der Waals surface area contributed by atoms with E-state index < -0.39 is 0 Å². The molecule has 1 fully saturated rings. The largest absolute Gasteiger partial charge is 0.332 e. The molecule has 0 atom stereocenters. The summed E-state index contributed by atoms with van der Waals surface area (Å²) in [4.78, 5) is 11.8. The predicted octanol–water partition coefficient (Wildman–Crippen LogP) is 4.43. The first kappa shape index (κ1) is 19.6. The Labute approximate surface area is 173 Å². The van der Waals surface area contributed by atoms with Gasteiger partial charge >= 0.3 is 0 Å². The van der Waals surface area contributed by atoms with Crippen LogP contribution in [0.2, 0.25) is 0 Å². The van der Waals surface area contributed by atoms with Crippen molar-refractivity contribution in [2.24, 2.45) is 7.05 Å². The number of pyridine rings is 1. The number of hydrogen-bond acceptors (Lipinski definition) is 4. The fraction of sp³-hybridized carbons (Fsp3) is 0.458. The number of imidazole rings is 1. The molecule has 3 heterocycles. The molecule has 0 saturated carbocycles. The van der Waals surface area contributed by atoms with E-state index in [2.05, 4.69) is 41.1 Å². The summed E-state index contributed by atoms with van der Waals surface area (Å²) in [5, 5.41) is 10.2. The molecule has 1 saturated heterocycles. The predicted molar refractivity (Wildman–Crippen MR) is 117 cm³/mol. The highest BCUT2D eigenvalue weighted by atomic mass is 15.1. The molecule has 0 N–H and O–H groups in total. The van der Waals surface area contributed by atoms with Gasteiger partial charge in [0, 0.05) is 25.4 Å². The first-order valence-corrected chi connectivity index (χ1v) is 10.6. The van der Waals surface area contributed by atoms with E-state index in [1.54, 1.807) is 0 Å². The zero-order valence-corrected chi connectivity index (χ0v) is 17.5. The van der Waals surface area contributed by atoms with Crippen LogP contribution < -0.4 is 0 Å². The molecule has 0 unspecified atom stereocenters. The molecule has 29 heavy (non-hydrogen) atoms. The third-order valence-corrected chi connectivity index (χ3v) is 6.08. The summed E-state index contributed by atoms with van der Waals surface area (Å²) in [6.45, 7) is 5.64. The van der Waals surface area contributed by atoms with Crippen LogP contribution in [0.25, 0.3) is 22.3 Å². The van der Waals surface area contributed by atoms with Crippen molar-refractivity contribution in [2.75, 3.05) is 19.6 Å². The Morgan fingerprint density at radius 2 is 1.90 bits per heavy atom. The van der Waals surface area contributed by atoms with E-state index in [4.69, 9.17) is 10.2 Å². The van der Waals surface area contributed by atoms with Crippen molar-refractivity contribution in [1.29, 1.82) is 5.26 Å². The van der Waals surface area contributed by atoms with Crippen molar-refractivity contribution in [1.82, 2.24) is 19.4 Å². The highest BCUT2D eigenvalue weighted by molar-refractivity contribution is 5.86. The average molecular weight is 388 g/mol. The number of hydrogen-bond donors (Lipinski definition) is 0. The maximum atomic E-state index is 9.01. The maximum absolute atomic E-state index is 9.01. The van der Waals surface area contributed by atoms with E-state index >= 15 is 0 Å². The Morgan fingerprint density at radius 1 is 1.07 bits per heavy atom. The van der Waals surface area contributed by atoms with Gasteiger partial charge in [-0.25, -0.2) is 9.97 Å². The molecule has 2 aromatic heterocycles. The first-order chi connectivity index (χ1) is 14.2. The molecule has 0 bridgehead atoms. The molecule has 0 amide bonds. The summed E-state index contributed by atoms with van der Waals surface area (Å²) in [5.74, 6) is 0. The van der Waals surface area contributed by atoms with E-state index in [1.807, 2.05) is 24.1 Å². The van der Waals surface area contributed by atoms with E-state index in [0.717, 1.165) is 36.3 Å². The number of fused-ring (bicyclic) bond motifs is 1. The Bertz CT molecular complexity index is 1040. The summed E-state index contributed by atoms with van der Waals surface area (Å²) < 4.78 is 2.02. The minimum absolute atomic E-state index is 0.552. The second-order valence-corrected chi connectivity index (χ2v) is 8.16. The Kier molecular flexibility index (Phi) is 5.92. The van der Waals surface area contributed by atoms with Gasteiger partial charge in [0.25, 0.3) is 0 Å². The Hall–Kier alpha value is -2.71. The zero-order valence-electron chi connectivity index (χ0n) is 17.5. The topological polar surface area (TPSA) is 57.7 Å². The number of aromatic nitrogens is 3. The lowest BCUT2D eigenvalue weighted by Gasteiger charge is -2.26. The van der Waals surface area contributed by atoms with Gasteiger partial charge in [-0.3, -0.25) is 0 Å². The molecule has 5 heteroatoms. The van der Waals surface area contributed by atoms with Gasteiger partial charge in [0.05, 0.1) is 35.5 Å². The van der Waals surface area contributed by atoms with Crippen LogP contribution in [0.15, 0.2) is 30.7 Å². The van der Waals surface area contributed by atoms with E-state index in [-0.39, 0.29) is 0 Å². The molecular formula is C24H29N5. The standard InChI is InChI=1S/C24H29N5/c1-18-13-22-21(14-19(18)7-6-9-25)20(8-12-29-10-4-3-5-11-29)15-23(27-22)24-16-26-17-28(24)2/h13-17H,3-8,10-12H2,1-2H3. The normalized spacial score (nSPS) is 14.9. The number of nitriles is 1. The molecule has 150 valence electrons. The Morgan fingerprint density at radius 3 is 2.62 bits per heavy atom. The summed E-state index contributed by atoms with van der Waals surface area (Å²) in [6, 6.07) is 8.98. The number of piperidine rings is 1. The van der Waals surface area contributed by atoms with Gasteiger partial charge in [0.2, 0.25) is 0 Å². The molecule has 0 aliphatic carbocycles. The highest BCUT2D eigenvalue weighted by Crippen LogP contribution is 2.28. The van der Waals surface area contributed by atoms with Crippen molar-refractivity contribution >= 4 is 10.9 Å². The van der Waals surface area contributed by atoms with Crippen LogP contribution in [-0.2, 0) is 19.9 Å². The molecule has 5 nitrogen and oxygen atoms in total. The van der Waals surface area contributed by atoms with E-state index in [1.165, 1.54) is 54.4 Å². The molecule has 4 rings (SSSR count). The monoisotopic (exact) mass is 387 g/mol. The minimum Gasteiger partial charge on any atom is -0.332 e. The second kappa shape index (κ2) is 8.75. The summed E-state index contributed by atoms with van der Waals surface area (Å²) in [6.07, 6.45) is 10.1. The lowest BCUT2D eigenvalue weighted by atomic mass is 9.96. The molecule has 3 aromatic rings. The third kappa shape index (κ3) is 4.33. The zero-order chi connectivity index (χ0) is 20.2. The van der Waals surface area contributed by atoms with Gasteiger partial charge in [-0.05, 0) is 80.6 Å². The fourth-order valence-electron chi connectivity index (χ4n) is 4.36. The third-order valence-electron chi connectivity index (χ3n) is 6.08. The molecule has 1 aliphatic heterocycles. The minimum atomic E-state index is 0.552. The second-order valence-electron chi connectivity index (χ2n) is 8.16. The Balaban J connectivity index is 1.75. The van der Waals surface area contributed by atoms with Crippen LogP contribution >= 0.6 is 0 Å². The lowest BCUT2D eigenvalue weighted by molar-refractivity contribution is 0.231. The maximum Gasteiger partial charge on any atom is 0.0948 e. The first-order valence-electron chi connectivity index (χ1n) is 10.6. The van der Waals surface area contributed by atoms with Crippen LogP contribution in [-0.4, -0.2) is 39.1 Å². The fourth-order valence-corrected chi connectivity index (χ4v) is 4.36. The smallest absolute Gasteiger partial charge is 0.0948 e. The van der Waals surface area contributed by atoms with Gasteiger partial charge in [0.1, 0.15) is 0 Å². The average Bonchev–Trinajstić information content (AvgIpc) is 3.17. The van der Waals surface area contributed by atoms with Crippen LogP contribution in [0.5, 0.6) is 0 Å². The lowest BCUT2D eigenvalue weighted by Crippen LogP contribution is -2.31. The van der Waals surface area contributed by atoms with Crippen molar-refractivity contribution < 1.29 is 0 Å². The van der Waals surface area contributed by atoms with Crippen molar-refractivity contribution in [3.05, 3.63) is 47.4 Å². The van der Waals surface area contributed by atoms with Crippen molar-refractivity contribution in [2.45, 2.75) is 45.4 Å². The van der Waals surface area contributed by atoms with Crippen LogP contribution in [0.4, 0.5) is 0 Å². The molecular weight excluding hydrogens is 358 g/mol. The van der Waals surface area contributed by atoms with Crippen LogP contribution in [0, 0.1) is 18.3 Å². The van der Waals surface area contributed by atoms with E-state index in [0.29, 0.717) is 6.42 Å². The van der Waals surface area contributed by atoms with Gasteiger partial charge in [-0.1, -0.05) is 6.42 Å². The molecule has 1 aromatic carbocycles. The van der Waals surface area contributed by atoms with Crippen LogP contribution in [0.1, 0.15) is 42.4 Å². The van der Waals surface area contributed by atoms with Crippen molar-refractivity contribution in [3.63, 3.8) is 0 Å². The van der Waals surface area contributed by atoms with Crippen LogP contribution in [0.3, 0.4) is 0 Å². The number of benzene rings is 1. The SMILES string of the molecule is Cc1cc2nc(-c3cncn3C)cc(CCN3CCCCC3)c2cc1CCC#N. The number of rotatable bonds is 6. The van der Waals surface area contributed by atoms with Gasteiger partial charge in [-0.15, -0.1) is 0 Å². The molecule has 0 radical (unpaired) electrons. The van der Waals surface area contributed by atoms with E-state index in [9.17, 15) is 0 Å². The van der Waals surface area contributed by atoms with Crippen molar-refractivity contribution in [3.8, 4) is 17.5 Å². The summed E-state index contributed by atoms with van der Waals surface area (Å²) >= 11 is 0.